The molecule has 0 radical (unpaired) electrons. The molecule has 0 N–H and O–H groups in total. The number of pyridine rings is 1. The van der Waals surface area contributed by atoms with Crippen LogP contribution in [0.15, 0.2) is 34.1 Å². The predicted octanol–water partition coefficient (Wildman–Crippen LogP) is 2.85. The Bertz CT molecular complexity index is 1230. The number of morpholine rings is 1. The van der Waals surface area contributed by atoms with E-state index in [1.54, 1.807) is 19.3 Å². The first-order chi connectivity index (χ1) is 16.8. The number of amides is 1. The average Bonchev–Trinajstić information content (AvgIpc) is 3.07. The van der Waals surface area contributed by atoms with E-state index in [1.807, 2.05) is 18.2 Å². The number of ether oxygens (including phenoxy) is 1. The molecule has 1 amide bonds. The fourth-order valence-corrected chi connectivity index (χ4v) is 6.42. The monoisotopic (exact) mass is 513 g/mol. The fraction of sp³-hybridized carbons (Fsp3) is 0.520. The molecule has 10 heteroatoms. The van der Waals surface area contributed by atoms with Gasteiger partial charge in [0.1, 0.15) is 15.8 Å². The van der Waals surface area contributed by atoms with Crippen LogP contribution in [0.4, 0.5) is 5.82 Å². The van der Waals surface area contributed by atoms with E-state index in [0.29, 0.717) is 32.2 Å². The molecule has 35 heavy (non-hydrogen) atoms. The second-order valence-corrected chi connectivity index (χ2v) is 11.4. The Morgan fingerprint density at radius 3 is 2.54 bits per heavy atom. The van der Waals surface area contributed by atoms with Crippen LogP contribution in [-0.2, 0) is 9.53 Å². The summed E-state index contributed by atoms with van der Waals surface area (Å²) in [5, 5.41) is 0. The highest BCUT2D eigenvalue weighted by Gasteiger charge is 2.31. The number of thioether (sulfide) groups is 1. The van der Waals surface area contributed by atoms with Gasteiger partial charge in [0, 0.05) is 46.0 Å². The molecule has 0 saturated carbocycles. The number of rotatable bonds is 4. The zero-order valence-electron chi connectivity index (χ0n) is 20.3. The van der Waals surface area contributed by atoms with Gasteiger partial charge in [-0.2, -0.15) is 0 Å². The minimum atomic E-state index is -0.184. The van der Waals surface area contributed by atoms with Crippen molar-refractivity contribution in [2.45, 2.75) is 38.9 Å². The number of anilines is 1. The maximum Gasteiger partial charge on any atom is 0.267 e. The van der Waals surface area contributed by atoms with Crippen molar-refractivity contribution in [2.75, 3.05) is 44.7 Å². The van der Waals surface area contributed by atoms with Crippen molar-refractivity contribution < 1.29 is 9.53 Å². The van der Waals surface area contributed by atoms with E-state index < -0.39 is 0 Å². The number of piperidine rings is 1. The zero-order valence-corrected chi connectivity index (χ0v) is 22.0. The molecule has 0 spiro atoms. The van der Waals surface area contributed by atoms with E-state index in [2.05, 4.69) is 23.6 Å². The summed E-state index contributed by atoms with van der Waals surface area (Å²) in [6, 6.07) is 5.53. The van der Waals surface area contributed by atoms with Gasteiger partial charge in [-0.3, -0.25) is 23.8 Å². The Labute approximate surface area is 214 Å². The Hall–Kier alpha value is -2.27. The molecule has 0 aliphatic carbocycles. The van der Waals surface area contributed by atoms with Crippen molar-refractivity contribution in [3.63, 3.8) is 0 Å². The van der Waals surface area contributed by atoms with Crippen molar-refractivity contribution in [2.24, 2.45) is 5.92 Å². The van der Waals surface area contributed by atoms with Crippen LogP contribution in [0.3, 0.4) is 0 Å². The Morgan fingerprint density at radius 1 is 1.17 bits per heavy atom. The summed E-state index contributed by atoms with van der Waals surface area (Å²) in [6.45, 7) is 8.97. The second kappa shape index (κ2) is 10.0. The van der Waals surface area contributed by atoms with Gasteiger partial charge in [0.15, 0.2) is 0 Å². The SMILES string of the molecule is CC1CN(CC2CCN(c3nc4ccccn4c(=O)c3/C=C3/SC(=S)N(C)C3=O)CC2)CC(C)O1. The molecule has 3 fully saturated rings. The molecular weight excluding hydrogens is 482 g/mol. The Morgan fingerprint density at radius 2 is 1.89 bits per heavy atom. The third-order valence-electron chi connectivity index (χ3n) is 6.94. The largest absolute Gasteiger partial charge is 0.373 e. The quantitative estimate of drug-likeness (QED) is 0.457. The van der Waals surface area contributed by atoms with Crippen molar-refractivity contribution in [3.05, 3.63) is 45.2 Å². The van der Waals surface area contributed by atoms with Crippen LogP contribution in [0, 0.1) is 5.92 Å². The molecule has 0 bridgehead atoms. The van der Waals surface area contributed by atoms with Crippen LogP contribution >= 0.6 is 24.0 Å². The van der Waals surface area contributed by atoms with E-state index in [4.69, 9.17) is 21.9 Å². The molecule has 0 aromatic carbocycles. The molecule has 3 aliphatic rings. The number of fused-ring (bicyclic) bond motifs is 1. The summed E-state index contributed by atoms with van der Waals surface area (Å²) in [4.78, 5) is 37.7. The molecule has 3 aliphatic heterocycles. The van der Waals surface area contributed by atoms with E-state index in [0.717, 1.165) is 45.6 Å². The topological polar surface area (TPSA) is 70.4 Å². The molecule has 2 aromatic rings. The summed E-state index contributed by atoms with van der Waals surface area (Å²) >= 11 is 6.51. The van der Waals surface area contributed by atoms with Crippen LogP contribution in [0.5, 0.6) is 0 Å². The first-order valence-corrected chi connectivity index (χ1v) is 13.4. The smallest absolute Gasteiger partial charge is 0.267 e. The molecule has 8 nitrogen and oxygen atoms in total. The lowest BCUT2D eigenvalue weighted by Crippen LogP contribution is -2.48. The molecule has 186 valence electrons. The molecule has 2 unspecified atom stereocenters. The average molecular weight is 514 g/mol. The van der Waals surface area contributed by atoms with Crippen LogP contribution in [0.1, 0.15) is 32.3 Å². The van der Waals surface area contributed by atoms with E-state index in [9.17, 15) is 9.59 Å². The Balaban J connectivity index is 1.40. The van der Waals surface area contributed by atoms with E-state index in [-0.39, 0.29) is 23.7 Å². The highest BCUT2D eigenvalue weighted by Crippen LogP contribution is 2.33. The normalized spacial score (nSPS) is 25.9. The van der Waals surface area contributed by atoms with Gasteiger partial charge in [-0.1, -0.05) is 30.0 Å². The highest BCUT2D eigenvalue weighted by atomic mass is 32.2. The fourth-order valence-electron chi connectivity index (χ4n) is 5.26. The van der Waals surface area contributed by atoms with Crippen LogP contribution in [0.25, 0.3) is 11.7 Å². The van der Waals surface area contributed by atoms with Gasteiger partial charge in [0.2, 0.25) is 0 Å². The summed E-state index contributed by atoms with van der Waals surface area (Å²) < 4.78 is 7.91. The summed E-state index contributed by atoms with van der Waals surface area (Å²) in [7, 11) is 1.66. The van der Waals surface area contributed by atoms with Gasteiger partial charge in [-0.15, -0.1) is 0 Å². The standard InChI is InChI=1S/C25H31N5O3S2/c1-16-13-28(14-17(2)33-16)15-18-7-10-29(11-8-18)22-19(12-20-24(32)27(3)25(34)35-20)23(31)30-9-5-4-6-21(30)26-22/h4-6,9,12,16-18H,7-8,10-11,13-15H2,1-3H3/b20-12+. The molecule has 3 saturated heterocycles. The van der Waals surface area contributed by atoms with Gasteiger partial charge in [-0.05, 0) is 50.8 Å². The van der Waals surface area contributed by atoms with Crippen molar-refractivity contribution >= 4 is 51.7 Å². The summed E-state index contributed by atoms with van der Waals surface area (Å²) in [6.07, 6.45) is 6.00. The number of carbonyl (C=O) groups is 1. The van der Waals surface area contributed by atoms with Gasteiger partial charge in [-0.25, -0.2) is 4.98 Å². The number of carbonyl (C=O) groups excluding carboxylic acids is 1. The number of thiocarbonyl (C=S) groups is 1. The predicted molar refractivity (Wildman–Crippen MR) is 144 cm³/mol. The van der Waals surface area contributed by atoms with Crippen molar-refractivity contribution in [1.29, 1.82) is 0 Å². The van der Waals surface area contributed by atoms with Gasteiger partial charge >= 0.3 is 0 Å². The molecular formula is C25H31N5O3S2. The third-order valence-corrected chi connectivity index (χ3v) is 8.42. The lowest BCUT2D eigenvalue weighted by molar-refractivity contribution is -0.121. The first kappa shape index (κ1) is 24.4. The maximum atomic E-state index is 13.5. The van der Waals surface area contributed by atoms with Crippen LogP contribution < -0.4 is 10.5 Å². The number of aromatic nitrogens is 2. The van der Waals surface area contributed by atoms with Gasteiger partial charge in [0.25, 0.3) is 11.5 Å². The van der Waals surface area contributed by atoms with Crippen molar-refractivity contribution in [1.82, 2.24) is 19.2 Å². The van der Waals surface area contributed by atoms with Crippen LogP contribution in [-0.4, -0.2) is 81.4 Å². The van der Waals surface area contributed by atoms with E-state index in [1.165, 1.54) is 21.1 Å². The zero-order chi connectivity index (χ0) is 24.7. The van der Waals surface area contributed by atoms with Crippen molar-refractivity contribution in [3.8, 4) is 0 Å². The summed E-state index contributed by atoms with van der Waals surface area (Å²) in [5.74, 6) is 1.07. The summed E-state index contributed by atoms with van der Waals surface area (Å²) in [5.41, 5.74) is 0.869. The Kier molecular flexibility index (Phi) is 6.98. The molecule has 2 aromatic heterocycles. The molecule has 5 rings (SSSR count). The first-order valence-electron chi connectivity index (χ1n) is 12.2. The van der Waals surface area contributed by atoms with Gasteiger partial charge < -0.3 is 9.64 Å². The number of likely N-dealkylation sites (N-methyl/N-ethyl adjacent to an activating group) is 1. The number of nitrogens with zero attached hydrogens (tertiary/aromatic N) is 5. The highest BCUT2D eigenvalue weighted by molar-refractivity contribution is 8.26. The number of hydrogen-bond acceptors (Lipinski definition) is 8. The van der Waals surface area contributed by atoms with E-state index >= 15 is 0 Å². The lowest BCUT2D eigenvalue weighted by Gasteiger charge is -2.40. The molecule has 2 atom stereocenters. The second-order valence-electron chi connectivity index (χ2n) is 9.73. The number of hydrogen-bond donors (Lipinski definition) is 0. The van der Waals surface area contributed by atoms with Gasteiger partial charge in [0.05, 0.1) is 22.7 Å². The van der Waals surface area contributed by atoms with Crippen LogP contribution in [0.2, 0.25) is 0 Å². The lowest BCUT2D eigenvalue weighted by atomic mass is 9.95. The minimum absolute atomic E-state index is 0.176. The third kappa shape index (κ3) is 5.02. The molecule has 5 heterocycles. The maximum absolute atomic E-state index is 13.5. The minimum Gasteiger partial charge on any atom is -0.373 e.